The van der Waals surface area contributed by atoms with Gasteiger partial charge in [-0.05, 0) is 70.6 Å². The number of unbranched alkanes of at least 4 members (excludes halogenated alkanes) is 26. The molecule has 8 nitrogen and oxygen atoms in total. The van der Waals surface area contributed by atoms with Crippen LogP contribution in [0.5, 0.6) is 0 Å². The van der Waals surface area contributed by atoms with Crippen molar-refractivity contribution in [2.45, 2.75) is 251 Å². The fourth-order valence-electron chi connectivity index (χ4n) is 7.79. The van der Waals surface area contributed by atoms with Crippen LogP contribution in [0.2, 0.25) is 0 Å². The van der Waals surface area contributed by atoms with E-state index in [1.165, 1.54) is 161 Å². The minimum Gasteiger partial charge on any atom is -0.544 e. The number of rotatable bonds is 48. The van der Waals surface area contributed by atoms with E-state index in [-0.39, 0.29) is 49.1 Å². The second kappa shape index (κ2) is 46.8. The minimum absolute atomic E-state index is 0.0235. The van der Waals surface area contributed by atoms with Crippen LogP contribution in [-0.4, -0.2) is 75.5 Å². The van der Waals surface area contributed by atoms with E-state index in [0.717, 1.165) is 38.5 Å². The highest BCUT2D eigenvalue weighted by molar-refractivity contribution is 5.70. The zero-order valence-corrected chi connectivity index (χ0v) is 42.4. The number of likely N-dealkylation sites (N-methyl/N-ethyl adjacent to an activating group) is 1. The number of quaternary nitrogens is 1. The summed E-state index contributed by atoms with van der Waals surface area (Å²) in [5.74, 6) is -1.80. The molecule has 0 fully saturated rings. The molecule has 0 aliphatic heterocycles. The topological polar surface area (TPSA) is 102 Å². The molecule has 0 saturated carbocycles. The number of esters is 2. The first-order valence-corrected chi connectivity index (χ1v) is 26.7. The Balaban J connectivity index is 4.27. The van der Waals surface area contributed by atoms with Gasteiger partial charge in [0.15, 0.2) is 6.10 Å². The highest BCUT2D eigenvalue weighted by atomic mass is 16.6. The van der Waals surface area contributed by atoms with Crippen LogP contribution >= 0.6 is 0 Å². The molecule has 0 rings (SSSR count). The number of carboxylic acid groups (broad SMARTS) is 1. The molecule has 0 heterocycles. The Kier molecular flexibility index (Phi) is 44.8. The van der Waals surface area contributed by atoms with Gasteiger partial charge in [-0.15, -0.1) is 0 Å². The van der Waals surface area contributed by atoms with Gasteiger partial charge in [-0.3, -0.25) is 9.59 Å². The molecule has 0 bridgehead atoms. The Labute approximate surface area is 395 Å². The molecule has 0 aliphatic carbocycles. The number of aliphatic carboxylic acids is 1. The molecule has 0 spiro atoms. The standard InChI is InChI=1S/C56H101NO7/c1-6-8-10-12-14-16-18-20-22-24-25-26-27-28-29-31-33-35-37-39-41-43-45-47-55(59)64-52(50-62-49-48-53(56(60)61)57(3,4)5)51-63-54(58)46-44-42-40-38-36-34-32-30-23-21-19-17-15-13-11-9-7-2/h21,23,28-29,32,34,38,40,52-53H,6-20,22,24-27,30-31,33,35-37,39,41-51H2,1-5H3/b23-21+,29-28+,34-32+,40-38+. The van der Waals surface area contributed by atoms with Gasteiger partial charge in [-0.1, -0.05) is 197 Å². The van der Waals surface area contributed by atoms with Gasteiger partial charge in [0, 0.05) is 19.3 Å². The molecule has 0 N–H and O–H groups in total. The molecular formula is C56H101NO7. The summed E-state index contributed by atoms with van der Waals surface area (Å²) in [4.78, 5) is 37.0. The van der Waals surface area contributed by atoms with Crippen LogP contribution in [0.25, 0.3) is 0 Å². The lowest BCUT2D eigenvalue weighted by Gasteiger charge is -2.34. The van der Waals surface area contributed by atoms with E-state index in [0.29, 0.717) is 12.8 Å². The van der Waals surface area contributed by atoms with E-state index < -0.39 is 18.1 Å². The highest BCUT2D eigenvalue weighted by Crippen LogP contribution is 2.15. The third kappa shape index (κ3) is 44.5. The summed E-state index contributed by atoms with van der Waals surface area (Å²) in [6, 6.07) is -0.735. The van der Waals surface area contributed by atoms with Crippen LogP contribution in [0.15, 0.2) is 48.6 Å². The van der Waals surface area contributed by atoms with Crippen LogP contribution in [-0.2, 0) is 28.6 Å². The molecule has 0 radical (unpaired) electrons. The lowest BCUT2D eigenvalue weighted by Crippen LogP contribution is -2.55. The van der Waals surface area contributed by atoms with Crippen LogP contribution in [0.1, 0.15) is 239 Å². The molecular weight excluding hydrogens is 799 g/mol. The van der Waals surface area contributed by atoms with Crippen LogP contribution in [0.3, 0.4) is 0 Å². The monoisotopic (exact) mass is 900 g/mol. The van der Waals surface area contributed by atoms with Crippen molar-refractivity contribution in [3.05, 3.63) is 48.6 Å². The smallest absolute Gasteiger partial charge is 0.306 e. The van der Waals surface area contributed by atoms with Crippen molar-refractivity contribution in [2.75, 3.05) is 41.0 Å². The minimum atomic E-state index is -1.13. The van der Waals surface area contributed by atoms with Crippen molar-refractivity contribution in [3.63, 3.8) is 0 Å². The Bertz CT molecular complexity index is 1190. The average Bonchev–Trinajstić information content (AvgIpc) is 3.26. The average molecular weight is 900 g/mol. The largest absolute Gasteiger partial charge is 0.544 e. The number of ether oxygens (including phenoxy) is 3. The van der Waals surface area contributed by atoms with Crippen molar-refractivity contribution in [1.29, 1.82) is 0 Å². The first-order valence-electron chi connectivity index (χ1n) is 26.7. The third-order valence-electron chi connectivity index (χ3n) is 11.9. The molecule has 0 aromatic rings. The number of allylic oxidation sites excluding steroid dienone is 8. The van der Waals surface area contributed by atoms with Crippen LogP contribution in [0.4, 0.5) is 0 Å². The third-order valence-corrected chi connectivity index (χ3v) is 11.9. The number of nitrogens with zero attached hydrogens (tertiary/aromatic N) is 1. The fourth-order valence-corrected chi connectivity index (χ4v) is 7.79. The van der Waals surface area contributed by atoms with Gasteiger partial charge in [0.25, 0.3) is 0 Å². The summed E-state index contributed by atoms with van der Waals surface area (Å²) in [7, 11) is 5.40. The summed E-state index contributed by atoms with van der Waals surface area (Å²) < 4.78 is 17.2. The van der Waals surface area contributed by atoms with E-state index >= 15 is 0 Å². The highest BCUT2D eigenvalue weighted by Gasteiger charge is 2.25. The first kappa shape index (κ1) is 61.3. The fraction of sp³-hybridized carbons (Fsp3) is 0.804. The molecule has 0 aromatic carbocycles. The lowest BCUT2D eigenvalue weighted by molar-refractivity contribution is -0.889. The Hall–Kier alpha value is -2.71. The van der Waals surface area contributed by atoms with Crippen molar-refractivity contribution in [2.24, 2.45) is 0 Å². The van der Waals surface area contributed by atoms with E-state index in [4.69, 9.17) is 14.2 Å². The number of carbonyl (C=O) groups excluding carboxylic acids is 3. The zero-order valence-electron chi connectivity index (χ0n) is 42.4. The number of carbonyl (C=O) groups is 3. The molecule has 0 aromatic heterocycles. The number of carboxylic acids is 1. The normalized spacial score (nSPS) is 13.2. The van der Waals surface area contributed by atoms with Crippen molar-refractivity contribution >= 4 is 17.9 Å². The maximum atomic E-state index is 12.8. The summed E-state index contributed by atoms with van der Waals surface area (Å²) in [5, 5.41) is 11.7. The number of hydrogen-bond donors (Lipinski definition) is 0. The quantitative estimate of drug-likeness (QED) is 0.0259. The van der Waals surface area contributed by atoms with Gasteiger partial charge < -0.3 is 28.6 Å². The molecule has 8 heteroatoms. The summed E-state index contributed by atoms with van der Waals surface area (Å²) in [5.41, 5.74) is 0. The van der Waals surface area contributed by atoms with Gasteiger partial charge in [-0.25, -0.2) is 0 Å². The first-order chi connectivity index (χ1) is 31.1. The van der Waals surface area contributed by atoms with E-state index in [1.807, 2.05) is 0 Å². The van der Waals surface area contributed by atoms with E-state index in [9.17, 15) is 19.5 Å². The summed E-state index contributed by atoms with van der Waals surface area (Å²) in [6.45, 7) is 4.62. The van der Waals surface area contributed by atoms with Gasteiger partial charge in [0.05, 0.1) is 40.3 Å². The molecule has 2 atom stereocenters. The van der Waals surface area contributed by atoms with Gasteiger partial charge in [0.2, 0.25) is 0 Å². The molecule has 372 valence electrons. The molecule has 0 saturated heterocycles. The SMILES string of the molecule is CCCCCCCC/C=C/C/C=C/C/C=C/CCCC(=O)OCC(COCCC(C(=O)[O-])[N+](C)(C)C)OC(=O)CCCCCCCCC/C=C/CCCCCCCCCCCCCC. The van der Waals surface area contributed by atoms with Gasteiger partial charge in [-0.2, -0.15) is 0 Å². The molecule has 0 aliphatic rings. The molecule has 2 unspecified atom stereocenters. The summed E-state index contributed by atoms with van der Waals surface area (Å²) >= 11 is 0. The van der Waals surface area contributed by atoms with Crippen LogP contribution < -0.4 is 5.11 Å². The van der Waals surface area contributed by atoms with Crippen molar-refractivity contribution in [1.82, 2.24) is 0 Å². The molecule has 64 heavy (non-hydrogen) atoms. The van der Waals surface area contributed by atoms with E-state index in [1.54, 1.807) is 21.1 Å². The Morgan fingerprint density at radius 1 is 0.469 bits per heavy atom. The maximum Gasteiger partial charge on any atom is 0.306 e. The molecule has 0 amide bonds. The van der Waals surface area contributed by atoms with Crippen LogP contribution in [0, 0.1) is 0 Å². The maximum absolute atomic E-state index is 12.8. The summed E-state index contributed by atoms with van der Waals surface area (Å²) in [6.07, 6.45) is 57.3. The van der Waals surface area contributed by atoms with Gasteiger partial charge in [0.1, 0.15) is 12.6 Å². The van der Waals surface area contributed by atoms with E-state index in [2.05, 4.69) is 62.5 Å². The van der Waals surface area contributed by atoms with Crippen molar-refractivity contribution < 1.29 is 38.2 Å². The predicted octanol–water partition coefficient (Wildman–Crippen LogP) is 14.2. The Morgan fingerprint density at radius 3 is 1.28 bits per heavy atom. The Morgan fingerprint density at radius 2 is 0.844 bits per heavy atom. The predicted molar refractivity (Wildman–Crippen MR) is 268 cm³/mol. The second-order valence-corrected chi connectivity index (χ2v) is 19.1. The van der Waals surface area contributed by atoms with Crippen molar-refractivity contribution in [3.8, 4) is 0 Å². The number of hydrogen-bond acceptors (Lipinski definition) is 7. The van der Waals surface area contributed by atoms with Gasteiger partial charge >= 0.3 is 11.9 Å². The lowest BCUT2D eigenvalue weighted by atomic mass is 10.0. The zero-order chi connectivity index (χ0) is 47.0. The second-order valence-electron chi connectivity index (χ2n) is 19.1.